The molecule has 0 aliphatic carbocycles. The molecule has 0 aliphatic heterocycles. The summed E-state index contributed by atoms with van der Waals surface area (Å²) in [6.45, 7) is 6.66. The zero-order chi connectivity index (χ0) is 18.0. The Kier molecular flexibility index (Phi) is 16.9. The first-order chi connectivity index (χ1) is 11.7. The fraction of sp³-hybridized carbons (Fsp3) is 0.955. The third kappa shape index (κ3) is 13.9. The van der Waals surface area contributed by atoms with Gasteiger partial charge in [-0.3, -0.25) is 4.79 Å². The minimum absolute atomic E-state index is 0.110. The normalized spacial score (nSPS) is 13.8. The lowest BCUT2D eigenvalue weighted by molar-refractivity contribution is -0.142. The van der Waals surface area contributed by atoms with Crippen LogP contribution < -0.4 is 0 Å². The Balaban J connectivity index is 4.24. The van der Waals surface area contributed by atoms with Gasteiger partial charge in [0.05, 0.1) is 5.92 Å². The van der Waals surface area contributed by atoms with Gasteiger partial charge in [-0.25, -0.2) is 0 Å². The van der Waals surface area contributed by atoms with Crippen molar-refractivity contribution in [3.63, 3.8) is 0 Å². The Morgan fingerprint density at radius 2 is 1.12 bits per heavy atom. The molecule has 0 aliphatic rings. The highest BCUT2D eigenvalue weighted by Crippen LogP contribution is 2.28. The molecule has 0 amide bonds. The molecule has 0 aromatic carbocycles. The summed E-state index contributed by atoms with van der Waals surface area (Å²) >= 11 is 0. The van der Waals surface area contributed by atoms with Gasteiger partial charge in [-0.2, -0.15) is 0 Å². The quantitative estimate of drug-likeness (QED) is 0.261. The van der Waals surface area contributed by atoms with Crippen LogP contribution in [0.5, 0.6) is 0 Å². The molecule has 0 aromatic rings. The van der Waals surface area contributed by atoms with Crippen LogP contribution in [0.4, 0.5) is 0 Å². The summed E-state index contributed by atoms with van der Waals surface area (Å²) in [5.74, 6) is -0.0443. The predicted molar refractivity (Wildman–Crippen MR) is 106 cm³/mol. The van der Waals surface area contributed by atoms with E-state index in [0.29, 0.717) is 5.92 Å². The monoisotopic (exact) mass is 340 g/mol. The van der Waals surface area contributed by atoms with Crippen LogP contribution in [0.15, 0.2) is 0 Å². The molecule has 1 N–H and O–H groups in total. The van der Waals surface area contributed by atoms with Gasteiger partial charge in [0.25, 0.3) is 0 Å². The largest absolute Gasteiger partial charge is 0.481 e. The van der Waals surface area contributed by atoms with Gasteiger partial charge in [0.2, 0.25) is 0 Å². The van der Waals surface area contributed by atoms with Crippen molar-refractivity contribution < 1.29 is 9.90 Å². The van der Waals surface area contributed by atoms with E-state index in [4.69, 9.17) is 0 Å². The third-order valence-corrected chi connectivity index (χ3v) is 5.31. The molecule has 0 aromatic heterocycles. The summed E-state index contributed by atoms with van der Waals surface area (Å²) in [4.78, 5) is 11.6. The van der Waals surface area contributed by atoms with Crippen LogP contribution in [0.1, 0.15) is 124 Å². The van der Waals surface area contributed by atoms with Crippen LogP contribution in [0.3, 0.4) is 0 Å². The number of hydrogen-bond donors (Lipinski definition) is 1. The number of hydrogen-bond acceptors (Lipinski definition) is 1. The second kappa shape index (κ2) is 17.3. The fourth-order valence-corrected chi connectivity index (χ4v) is 3.65. The minimum atomic E-state index is -0.565. The van der Waals surface area contributed by atoms with Crippen molar-refractivity contribution in [2.24, 2.45) is 11.8 Å². The maximum atomic E-state index is 11.6. The van der Waals surface area contributed by atoms with Crippen molar-refractivity contribution in [3.8, 4) is 0 Å². The first-order valence-corrected chi connectivity index (χ1v) is 10.9. The topological polar surface area (TPSA) is 37.3 Å². The molecular formula is C22H44O2. The van der Waals surface area contributed by atoms with E-state index in [9.17, 15) is 9.90 Å². The number of unbranched alkanes of at least 4 members (excludes halogenated alkanes) is 9. The summed E-state index contributed by atoms with van der Waals surface area (Å²) in [5, 5.41) is 9.53. The SMILES string of the molecule is CCCCCCCCC(CCCCCC)CC(CCCC)C(=O)O. The summed E-state index contributed by atoms with van der Waals surface area (Å²) in [6, 6.07) is 0. The molecule has 2 nitrogen and oxygen atoms in total. The first-order valence-electron chi connectivity index (χ1n) is 10.9. The van der Waals surface area contributed by atoms with E-state index >= 15 is 0 Å². The Labute approximate surface area is 151 Å². The smallest absolute Gasteiger partial charge is 0.306 e. The van der Waals surface area contributed by atoms with Gasteiger partial charge in [0, 0.05) is 0 Å². The van der Waals surface area contributed by atoms with E-state index in [0.717, 1.165) is 25.7 Å². The van der Waals surface area contributed by atoms with E-state index < -0.39 is 5.97 Å². The molecule has 0 bridgehead atoms. The zero-order valence-corrected chi connectivity index (χ0v) is 16.8. The molecule has 0 saturated carbocycles. The molecule has 2 atom stereocenters. The van der Waals surface area contributed by atoms with Gasteiger partial charge >= 0.3 is 5.97 Å². The maximum absolute atomic E-state index is 11.6. The Morgan fingerprint density at radius 1 is 0.667 bits per heavy atom. The van der Waals surface area contributed by atoms with Crippen LogP contribution in [-0.2, 0) is 4.79 Å². The lowest BCUT2D eigenvalue weighted by atomic mass is 9.84. The highest BCUT2D eigenvalue weighted by Gasteiger charge is 2.21. The van der Waals surface area contributed by atoms with Gasteiger partial charge in [-0.1, -0.05) is 111 Å². The summed E-state index contributed by atoms with van der Waals surface area (Å²) in [6.07, 6.45) is 19.6. The Bertz CT molecular complexity index is 275. The molecule has 2 unspecified atom stereocenters. The number of carbonyl (C=O) groups is 1. The Morgan fingerprint density at radius 3 is 1.62 bits per heavy atom. The lowest BCUT2D eigenvalue weighted by Gasteiger charge is -2.21. The minimum Gasteiger partial charge on any atom is -0.481 e. The summed E-state index contributed by atoms with van der Waals surface area (Å²) in [5.41, 5.74) is 0. The average molecular weight is 341 g/mol. The number of carboxylic acids is 1. The highest BCUT2D eigenvalue weighted by molar-refractivity contribution is 5.69. The van der Waals surface area contributed by atoms with Crippen LogP contribution in [0, 0.1) is 11.8 Å². The fourth-order valence-electron chi connectivity index (χ4n) is 3.65. The van der Waals surface area contributed by atoms with Gasteiger partial charge in [0.1, 0.15) is 0 Å². The zero-order valence-electron chi connectivity index (χ0n) is 16.8. The second-order valence-electron chi connectivity index (χ2n) is 7.68. The highest BCUT2D eigenvalue weighted by atomic mass is 16.4. The lowest BCUT2D eigenvalue weighted by Crippen LogP contribution is -2.18. The van der Waals surface area contributed by atoms with Crippen molar-refractivity contribution in [2.75, 3.05) is 0 Å². The molecule has 0 heterocycles. The second-order valence-corrected chi connectivity index (χ2v) is 7.68. The van der Waals surface area contributed by atoms with Crippen LogP contribution in [0.25, 0.3) is 0 Å². The van der Waals surface area contributed by atoms with Crippen molar-refractivity contribution in [2.45, 2.75) is 124 Å². The van der Waals surface area contributed by atoms with Gasteiger partial charge in [-0.05, 0) is 18.8 Å². The standard InChI is InChI=1S/C22H44O2/c1-4-7-10-12-13-15-17-20(16-14-11-8-5-2)19-21(22(23)24)18-9-6-3/h20-21H,4-19H2,1-3H3,(H,23,24). The summed E-state index contributed by atoms with van der Waals surface area (Å²) < 4.78 is 0. The van der Waals surface area contributed by atoms with Gasteiger partial charge in [-0.15, -0.1) is 0 Å². The van der Waals surface area contributed by atoms with E-state index in [1.807, 2.05) is 0 Å². The first kappa shape index (κ1) is 23.5. The molecule has 0 spiro atoms. The van der Waals surface area contributed by atoms with Crippen LogP contribution >= 0.6 is 0 Å². The molecule has 2 heteroatoms. The molecule has 144 valence electrons. The molecule has 0 radical (unpaired) electrons. The van der Waals surface area contributed by atoms with Gasteiger partial charge < -0.3 is 5.11 Å². The van der Waals surface area contributed by atoms with E-state index in [1.54, 1.807) is 0 Å². The maximum Gasteiger partial charge on any atom is 0.306 e. The van der Waals surface area contributed by atoms with E-state index in [-0.39, 0.29) is 5.92 Å². The van der Waals surface area contributed by atoms with Crippen molar-refractivity contribution >= 4 is 5.97 Å². The molecule has 24 heavy (non-hydrogen) atoms. The average Bonchev–Trinajstić information content (AvgIpc) is 2.57. The predicted octanol–water partition coefficient (Wildman–Crippen LogP) is 7.60. The molecule has 0 saturated heterocycles. The van der Waals surface area contributed by atoms with Gasteiger partial charge in [0.15, 0.2) is 0 Å². The summed E-state index contributed by atoms with van der Waals surface area (Å²) in [7, 11) is 0. The number of aliphatic carboxylic acids is 1. The molecule has 0 rings (SSSR count). The van der Waals surface area contributed by atoms with Crippen LogP contribution in [0.2, 0.25) is 0 Å². The van der Waals surface area contributed by atoms with Crippen molar-refractivity contribution in [1.82, 2.24) is 0 Å². The Hall–Kier alpha value is -0.530. The van der Waals surface area contributed by atoms with Crippen molar-refractivity contribution in [3.05, 3.63) is 0 Å². The third-order valence-electron chi connectivity index (χ3n) is 5.31. The van der Waals surface area contributed by atoms with E-state index in [1.165, 1.54) is 77.0 Å². The van der Waals surface area contributed by atoms with E-state index in [2.05, 4.69) is 20.8 Å². The molecule has 0 fully saturated rings. The number of rotatable bonds is 18. The van der Waals surface area contributed by atoms with Crippen LogP contribution in [-0.4, -0.2) is 11.1 Å². The molecular weight excluding hydrogens is 296 g/mol. The number of carboxylic acid groups (broad SMARTS) is 1. The van der Waals surface area contributed by atoms with Crippen molar-refractivity contribution in [1.29, 1.82) is 0 Å².